The average Bonchev–Trinajstić information content (AvgIpc) is 2.53. The molecule has 88 valence electrons. The van der Waals surface area contributed by atoms with E-state index in [9.17, 15) is 4.79 Å². The lowest BCUT2D eigenvalue weighted by atomic mass is 10.1. The molecule has 1 aromatic heterocycles. The second kappa shape index (κ2) is 5.50. The van der Waals surface area contributed by atoms with Crippen molar-refractivity contribution in [3.63, 3.8) is 0 Å². The number of carbonyl (C=O) groups excluding carboxylic acids is 1. The van der Waals surface area contributed by atoms with Gasteiger partial charge in [0.1, 0.15) is 0 Å². The van der Waals surface area contributed by atoms with Crippen molar-refractivity contribution < 1.29 is 9.21 Å². The van der Waals surface area contributed by atoms with E-state index in [1.54, 1.807) is 6.07 Å². The zero-order valence-electron chi connectivity index (χ0n) is 8.96. The van der Waals surface area contributed by atoms with Crippen LogP contribution in [-0.2, 0) is 0 Å². The van der Waals surface area contributed by atoms with Crippen LogP contribution in [0.3, 0.4) is 0 Å². The van der Waals surface area contributed by atoms with Crippen LogP contribution in [0.1, 0.15) is 29.6 Å². The van der Waals surface area contributed by atoms with Gasteiger partial charge in [0.05, 0.1) is 11.8 Å². The minimum Gasteiger partial charge on any atom is -0.457 e. The number of amides is 1. The molecule has 1 amide bonds. The van der Waals surface area contributed by atoms with Crippen molar-refractivity contribution in [2.75, 3.05) is 13.1 Å². The molecule has 0 aliphatic carbocycles. The first-order valence-electron chi connectivity index (χ1n) is 5.52. The van der Waals surface area contributed by atoms with Gasteiger partial charge in [0.2, 0.25) is 0 Å². The maximum Gasteiger partial charge on any atom is 0.256 e. The van der Waals surface area contributed by atoms with Crippen LogP contribution in [-0.4, -0.2) is 25.0 Å². The van der Waals surface area contributed by atoms with E-state index in [2.05, 4.69) is 26.6 Å². The van der Waals surface area contributed by atoms with Crippen LogP contribution in [0.2, 0.25) is 0 Å². The fourth-order valence-corrected chi connectivity index (χ4v) is 2.28. The standard InChI is InChI=1S/C11H15BrN2O2/c12-10-9(4-6-16-10)11(15)14-8-3-1-2-5-13-7-8/h4,6,8,13H,1-3,5,7H2,(H,14,15). The fraction of sp³-hybridized carbons (Fsp3) is 0.545. The fourth-order valence-electron chi connectivity index (χ4n) is 1.86. The summed E-state index contributed by atoms with van der Waals surface area (Å²) in [4.78, 5) is 11.9. The Bertz CT molecular complexity index is 357. The normalized spacial score (nSPS) is 21.4. The maximum atomic E-state index is 11.9. The van der Waals surface area contributed by atoms with Crippen LogP contribution in [0.4, 0.5) is 0 Å². The lowest BCUT2D eigenvalue weighted by molar-refractivity contribution is 0.0934. The van der Waals surface area contributed by atoms with E-state index in [1.807, 2.05) is 0 Å². The summed E-state index contributed by atoms with van der Waals surface area (Å²) in [6.07, 6.45) is 4.88. The summed E-state index contributed by atoms with van der Waals surface area (Å²) in [5.41, 5.74) is 0.559. The molecular formula is C11H15BrN2O2. The van der Waals surface area contributed by atoms with Crippen LogP contribution in [0.25, 0.3) is 0 Å². The summed E-state index contributed by atoms with van der Waals surface area (Å²) in [6, 6.07) is 1.89. The monoisotopic (exact) mass is 286 g/mol. The molecule has 1 atom stereocenters. The van der Waals surface area contributed by atoms with Gasteiger partial charge in [-0.2, -0.15) is 0 Å². The molecule has 1 saturated heterocycles. The molecule has 1 fully saturated rings. The third-order valence-electron chi connectivity index (χ3n) is 2.74. The number of hydrogen-bond acceptors (Lipinski definition) is 3. The van der Waals surface area contributed by atoms with Gasteiger partial charge in [0.25, 0.3) is 5.91 Å². The lowest BCUT2D eigenvalue weighted by Gasteiger charge is -2.15. The zero-order chi connectivity index (χ0) is 11.4. The molecule has 0 saturated carbocycles. The van der Waals surface area contributed by atoms with Gasteiger partial charge in [0, 0.05) is 12.6 Å². The topological polar surface area (TPSA) is 54.3 Å². The first kappa shape index (κ1) is 11.7. The van der Waals surface area contributed by atoms with E-state index in [-0.39, 0.29) is 11.9 Å². The highest BCUT2D eigenvalue weighted by atomic mass is 79.9. The third-order valence-corrected chi connectivity index (χ3v) is 3.36. The molecule has 1 unspecified atom stereocenters. The molecule has 0 spiro atoms. The molecule has 4 nitrogen and oxygen atoms in total. The van der Waals surface area contributed by atoms with Crippen molar-refractivity contribution >= 4 is 21.8 Å². The van der Waals surface area contributed by atoms with E-state index < -0.39 is 0 Å². The Morgan fingerprint density at radius 3 is 3.19 bits per heavy atom. The number of nitrogens with one attached hydrogen (secondary N) is 2. The van der Waals surface area contributed by atoms with E-state index in [0.29, 0.717) is 10.2 Å². The van der Waals surface area contributed by atoms with Gasteiger partial charge in [-0.3, -0.25) is 4.79 Å². The summed E-state index contributed by atoms with van der Waals surface area (Å²) in [5, 5.41) is 6.32. The second-order valence-corrected chi connectivity index (χ2v) is 4.70. The molecule has 5 heteroatoms. The Morgan fingerprint density at radius 2 is 2.44 bits per heavy atom. The van der Waals surface area contributed by atoms with Crippen LogP contribution in [0, 0.1) is 0 Å². The predicted molar refractivity (Wildman–Crippen MR) is 64.4 cm³/mol. The predicted octanol–water partition coefficient (Wildman–Crippen LogP) is 1.91. The Hall–Kier alpha value is -0.810. The highest BCUT2D eigenvalue weighted by Gasteiger charge is 2.18. The van der Waals surface area contributed by atoms with Gasteiger partial charge in [0.15, 0.2) is 4.67 Å². The van der Waals surface area contributed by atoms with Crippen molar-refractivity contribution in [1.82, 2.24) is 10.6 Å². The number of carbonyl (C=O) groups is 1. The van der Waals surface area contributed by atoms with Gasteiger partial charge < -0.3 is 15.1 Å². The van der Waals surface area contributed by atoms with E-state index in [4.69, 9.17) is 4.42 Å². The van der Waals surface area contributed by atoms with Crippen LogP contribution >= 0.6 is 15.9 Å². The molecule has 1 aliphatic heterocycles. The van der Waals surface area contributed by atoms with Crippen LogP contribution < -0.4 is 10.6 Å². The van der Waals surface area contributed by atoms with Gasteiger partial charge >= 0.3 is 0 Å². The number of furan rings is 1. The number of hydrogen-bond donors (Lipinski definition) is 2. The Morgan fingerprint density at radius 1 is 1.56 bits per heavy atom. The molecule has 16 heavy (non-hydrogen) atoms. The Balaban J connectivity index is 1.93. The van der Waals surface area contributed by atoms with E-state index in [0.717, 1.165) is 25.9 Å². The average molecular weight is 287 g/mol. The van der Waals surface area contributed by atoms with Crippen molar-refractivity contribution in [3.05, 3.63) is 22.6 Å². The van der Waals surface area contributed by atoms with Crippen molar-refractivity contribution in [1.29, 1.82) is 0 Å². The molecule has 0 radical (unpaired) electrons. The number of halogens is 1. The smallest absolute Gasteiger partial charge is 0.256 e. The second-order valence-electron chi connectivity index (χ2n) is 3.98. The summed E-state index contributed by atoms with van der Waals surface area (Å²) in [5.74, 6) is -0.0747. The highest BCUT2D eigenvalue weighted by molar-refractivity contribution is 9.10. The Labute approximate surface area is 103 Å². The van der Waals surface area contributed by atoms with Gasteiger partial charge in [-0.25, -0.2) is 0 Å². The molecule has 2 rings (SSSR count). The molecule has 0 aromatic carbocycles. The molecular weight excluding hydrogens is 272 g/mol. The van der Waals surface area contributed by atoms with E-state index >= 15 is 0 Å². The molecule has 1 aromatic rings. The van der Waals surface area contributed by atoms with Crippen molar-refractivity contribution in [2.45, 2.75) is 25.3 Å². The minimum atomic E-state index is -0.0747. The first-order chi connectivity index (χ1) is 7.77. The summed E-state index contributed by atoms with van der Waals surface area (Å²) in [7, 11) is 0. The minimum absolute atomic E-state index is 0.0747. The lowest BCUT2D eigenvalue weighted by Crippen LogP contribution is -2.40. The third kappa shape index (κ3) is 2.86. The summed E-state index contributed by atoms with van der Waals surface area (Å²) >= 11 is 3.20. The largest absolute Gasteiger partial charge is 0.457 e. The van der Waals surface area contributed by atoms with E-state index in [1.165, 1.54) is 12.7 Å². The maximum absolute atomic E-state index is 11.9. The SMILES string of the molecule is O=C(NC1CCCCNC1)c1ccoc1Br. The van der Waals surface area contributed by atoms with Crippen LogP contribution in [0.15, 0.2) is 21.4 Å². The van der Waals surface area contributed by atoms with Gasteiger partial charge in [-0.15, -0.1) is 0 Å². The number of rotatable bonds is 2. The first-order valence-corrected chi connectivity index (χ1v) is 6.31. The zero-order valence-corrected chi connectivity index (χ0v) is 10.5. The molecule has 2 N–H and O–H groups in total. The van der Waals surface area contributed by atoms with Crippen molar-refractivity contribution in [2.24, 2.45) is 0 Å². The van der Waals surface area contributed by atoms with Crippen molar-refractivity contribution in [3.8, 4) is 0 Å². The molecule has 0 bridgehead atoms. The summed E-state index contributed by atoms with van der Waals surface area (Å²) < 4.78 is 5.53. The van der Waals surface area contributed by atoms with Gasteiger partial charge in [-0.1, -0.05) is 6.42 Å². The highest BCUT2D eigenvalue weighted by Crippen LogP contribution is 2.17. The van der Waals surface area contributed by atoms with Crippen LogP contribution in [0.5, 0.6) is 0 Å². The molecule has 1 aliphatic rings. The Kier molecular flexibility index (Phi) is 4.01. The molecule has 2 heterocycles. The quantitative estimate of drug-likeness (QED) is 0.873. The van der Waals surface area contributed by atoms with Gasteiger partial charge in [-0.05, 0) is 41.4 Å². The summed E-state index contributed by atoms with van der Waals surface area (Å²) in [6.45, 7) is 1.89.